The Hall–Kier alpha value is -2.03. The fraction of sp³-hybridized carbons (Fsp3) is 0.444. The van der Waals surface area contributed by atoms with Gasteiger partial charge in [0, 0.05) is 5.39 Å². The largest absolute Gasteiger partial charge is 0.481 e. The lowest BCUT2D eigenvalue weighted by Crippen LogP contribution is -2.46. The van der Waals surface area contributed by atoms with Gasteiger partial charge in [0.2, 0.25) is 0 Å². The van der Waals surface area contributed by atoms with Crippen molar-refractivity contribution < 1.29 is 14.6 Å². The number of ether oxygens (including phenoxy) is 1. The van der Waals surface area contributed by atoms with E-state index in [9.17, 15) is 15.2 Å². The van der Waals surface area contributed by atoms with Crippen LogP contribution in [0.5, 0.6) is 0 Å². The maximum Gasteiger partial charge on any atom is 0.306 e. The van der Waals surface area contributed by atoms with E-state index in [4.69, 9.17) is 16.3 Å². The highest BCUT2D eigenvalue weighted by Crippen LogP contribution is 2.51. The van der Waals surface area contributed by atoms with Crippen LogP contribution in [0.15, 0.2) is 12.1 Å². The molecule has 124 valence electrons. The number of carbonyl (C=O) groups is 1. The Kier molecular flexibility index (Phi) is 3.56. The second-order valence-corrected chi connectivity index (χ2v) is 7.03. The summed E-state index contributed by atoms with van der Waals surface area (Å²) in [6, 6.07) is 5.64. The molecule has 2 aliphatic rings. The Morgan fingerprint density at radius 1 is 1.50 bits per heavy atom. The second-order valence-electron chi connectivity index (χ2n) is 6.62. The maximum atomic E-state index is 11.6. The van der Waals surface area contributed by atoms with Gasteiger partial charge in [0.15, 0.2) is 0 Å². The number of nitrogens with one attached hydrogen (secondary N) is 1. The van der Waals surface area contributed by atoms with E-state index in [0.29, 0.717) is 29.1 Å². The van der Waals surface area contributed by atoms with Crippen molar-refractivity contribution in [3.05, 3.63) is 34.0 Å². The lowest BCUT2D eigenvalue weighted by Gasteiger charge is -2.46. The predicted octanol–water partition coefficient (Wildman–Crippen LogP) is 3.74. The molecule has 0 spiro atoms. The number of hydrogen-bond donors (Lipinski definition) is 2. The average molecular weight is 345 g/mol. The maximum absolute atomic E-state index is 11.6. The topological polar surface area (TPSA) is 86.1 Å². The smallest absolute Gasteiger partial charge is 0.306 e. The zero-order valence-electron chi connectivity index (χ0n) is 13.1. The molecule has 0 bridgehead atoms. The van der Waals surface area contributed by atoms with Crippen LogP contribution < -0.4 is 0 Å². The highest BCUT2D eigenvalue weighted by molar-refractivity contribution is 6.35. The average Bonchev–Trinajstić information content (AvgIpc) is 2.88. The minimum absolute atomic E-state index is 0.0724. The van der Waals surface area contributed by atoms with Gasteiger partial charge in [0.05, 0.1) is 40.9 Å². The van der Waals surface area contributed by atoms with E-state index in [-0.39, 0.29) is 12.3 Å². The summed E-state index contributed by atoms with van der Waals surface area (Å²) in [5, 5.41) is 20.3. The molecule has 5 nitrogen and oxygen atoms in total. The molecule has 1 aromatic carbocycles. The van der Waals surface area contributed by atoms with Gasteiger partial charge in [0.25, 0.3) is 0 Å². The number of halogens is 1. The molecule has 1 fully saturated rings. The van der Waals surface area contributed by atoms with Crippen LogP contribution in [-0.2, 0) is 21.6 Å². The Bertz CT molecular complexity index is 878. The number of benzene rings is 1. The van der Waals surface area contributed by atoms with Gasteiger partial charge in [-0.05, 0) is 42.9 Å². The first-order valence-corrected chi connectivity index (χ1v) is 8.54. The number of aliphatic carboxylic acids is 1. The van der Waals surface area contributed by atoms with Crippen LogP contribution in [0.4, 0.5) is 0 Å². The van der Waals surface area contributed by atoms with Crippen molar-refractivity contribution in [2.75, 3.05) is 6.61 Å². The number of H-pyrrole nitrogens is 1. The van der Waals surface area contributed by atoms with Gasteiger partial charge in [-0.25, -0.2) is 0 Å². The van der Waals surface area contributed by atoms with Gasteiger partial charge in [0.1, 0.15) is 5.60 Å². The van der Waals surface area contributed by atoms with Crippen molar-refractivity contribution in [2.24, 2.45) is 5.92 Å². The van der Waals surface area contributed by atoms with E-state index in [1.807, 2.05) is 0 Å². The molecule has 1 aliphatic carbocycles. The number of aromatic nitrogens is 1. The van der Waals surface area contributed by atoms with Crippen LogP contribution in [0.25, 0.3) is 10.9 Å². The predicted molar refractivity (Wildman–Crippen MR) is 89.0 cm³/mol. The number of aromatic amines is 1. The molecule has 2 heterocycles. The highest BCUT2D eigenvalue weighted by Gasteiger charge is 2.50. The van der Waals surface area contributed by atoms with Gasteiger partial charge >= 0.3 is 5.97 Å². The molecule has 1 aliphatic heterocycles. The first kappa shape index (κ1) is 15.5. The van der Waals surface area contributed by atoms with Crippen LogP contribution in [0, 0.1) is 17.2 Å². The highest BCUT2D eigenvalue weighted by atomic mass is 35.5. The number of carboxylic acids is 1. The normalized spacial score (nSPS) is 23.5. The van der Waals surface area contributed by atoms with Crippen molar-refractivity contribution >= 4 is 28.5 Å². The number of fused-ring (bicyclic) bond motifs is 3. The first-order valence-electron chi connectivity index (χ1n) is 8.16. The van der Waals surface area contributed by atoms with E-state index < -0.39 is 11.6 Å². The molecule has 1 saturated carbocycles. The van der Waals surface area contributed by atoms with Crippen molar-refractivity contribution in [2.45, 2.75) is 37.7 Å². The van der Waals surface area contributed by atoms with Crippen LogP contribution in [0.3, 0.4) is 0 Å². The number of nitriles is 1. The lowest BCUT2D eigenvalue weighted by molar-refractivity contribution is -0.162. The van der Waals surface area contributed by atoms with Crippen LogP contribution in [-0.4, -0.2) is 22.7 Å². The van der Waals surface area contributed by atoms with Crippen LogP contribution in [0.2, 0.25) is 5.02 Å². The fourth-order valence-corrected chi connectivity index (χ4v) is 4.36. The van der Waals surface area contributed by atoms with Crippen LogP contribution in [0.1, 0.15) is 42.5 Å². The molecule has 1 atom stereocenters. The third-order valence-corrected chi connectivity index (χ3v) is 5.76. The molecule has 4 rings (SSSR count). The molecule has 2 N–H and O–H groups in total. The van der Waals surface area contributed by atoms with E-state index in [0.717, 1.165) is 35.9 Å². The Morgan fingerprint density at radius 2 is 2.29 bits per heavy atom. The number of nitrogens with zero attached hydrogens (tertiary/aromatic N) is 1. The lowest BCUT2D eigenvalue weighted by atomic mass is 9.68. The number of carboxylic acid groups (broad SMARTS) is 1. The van der Waals surface area contributed by atoms with E-state index in [1.54, 1.807) is 12.1 Å². The third-order valence-electron chi connectivity index (χ3n) is 5.44. The van der Waals surface area contributed by atoms with E-state index >= 15 is 0 Å². The molecular formula is C18H17ClN2O3. The molecule has 24 heavy (non-hydrogen) atoms. The summed E-state index contributed by atoms with van der Waals surface area (Å²) in [7, 11) is 0. The van der Waals surface area contributed by atoms with Crippen LogP contribution >= 0.6 is 11.6 Å². The molecule has 1 unspecified atom stereocenters. The summed E-state index contributed by atoms with van der Waals surface area (Å²) in [6.45, 7) is 0.459. The summed E-state index contributed by atoms with van der Waals surface area (Å²) >= 11 is 6.33. The third kappa shape index (κ3) is 2.07. The molecular weight excluding hydrogens is 328 g/mol. The van der Waals surface area contributed by atoms with E-state index in [1.165, 1.54) is 0 Å². The Labute approximate surface area is 144 Å². The van der Waals surface area contributed by atoms with E-state index in [2.05, 4.69) is 11.1 Å². The molecule has 0 radical (unpaired) electrons. The summed E-state index contributed by atoms with van der Waals surface area (Å²) in [6.07, 6.45) is 3.59. The number of rotatable bonds is 3. The standard InChI is InChI=1S/C18H17ClN2O3/c19-13-5-4-10(9-20)15-12-6-7-24-18(8-14(22)23,11-2-1-3-11)17(12)21-16(13)15/h4-5,11,21H,1-3,6-8H2,(H,22,23). The van der Waals surface area contributed by atoms with Crippen molar-refractivity contribution in [3.8, 4) is 6.07 Å². The molecule has 0 saturated heterocycles. The molecule has 2 aromatic rings. The monoisotopic (exact) mass is 344 g/mol. The van der Waals surface area contributed by atoms with Gasteiger partial charge in [-0.2, -0.15) is 5.26 Å². The Balaban J connectivity index is 2.00. The fourth-order valence-electron chi connectivity index (χ4n) is 4.16. The van der Waals surface area contributed by atoms with Crippen molar-refractivity contribution in [3.63, 3.8) is 0 Å². The summed E-state index contributed by atoms with van der Waals surface area (Å²) in [5.41, 5.74) is 2.23. The Morgan fingerprint density at radius 3 is 2.92 bits per heavy atom. The summed E-state index contributed by atoms with van der Waals surface area (Å²) in [5.74, 6) is -0.690. The van der Waals surface area contributed by atoms with Gasteiger partial charge in [-0.15, -0.1) is 0 Å². The zero-order valence-corrected chi connectivity index (χ0v) is 13.8. The van der Waals surface area contributed by atoms with Gasteiger partial charge < -0.3 is 14.8 Å². The molecule has 1 aromatic heterocycles. The summed E-state index contributed by atoms with van der Waals surface area (Å²) < 4.78 is 6.11. The van der Waals surface area contributed by atoms with Gasteiger partial charge in [-0.1, -0.05) is 18.0 Å². The minimum Gasteiger partial charge on any atom is -0.481 e. The quantitative estimate of drug-likeness (QED) is 0.888. The number of hydrogen-bond acceptors (Lipinski definition) is 3. The zero-order chi connectivity index (χ0) is 16.9. The summed E-state index contributed by atoms with van der Waals surface area (Å²) in [4.78, 5) is 14.9. The molecule has 0 amide bonds. The van der Waals surface area contributed by atoms with Crippen molar-refractivity contribution in [1.29, 1.82) is 5.26 Å². The minimum atomic E-state index is -0.875. The second kappa shape index (κ2) is 5.51. The van der Waals surface area contributed by atoms with Crippen molar-refractivity contribution in [1.82, 2.24) is 4.98 Å². The SMILES string of the molecule is N#Cc1ccc(Cl)c2[nH]c3c(c12)CCOC3(CC(=O)O)C1CCC1. The van der Waals surface area contributed by atoms with Gasteiger partial charge in [-0.3, -0.25) is 4.79 Å². The molecule has 6 heteroatoms. The first-order chi connectivity index (χ1) is 11.6.